The van der Waals surface area contributed by atoms with Crippen LogP contribution in [0.3, 0.4) is 0 Å². The van der Waals surface area contributed by atoms with Gasteiger partial charge in [-0.1, -0.05) is 170 Å². The molecule has 2 heteroatoms. The number of thiophene rings is 1. The van der Waals surface area contributed by atoms with Crippen LogP contribution >= 0.6 is 11.3 Å². The molecule has 0 N–H and O–H groups in total. The Morgan fingerprint density at radius 3 is 1.63 bits per heavy atom. The third-order valence-corrected chi connectivity index (χ3v) is 12.9. The first kappa shape index (κ1) is 33.3. The summed E-state index contributed by atoms with van der Waals surface area (Å²) in [7, 11) is 0. The zero-order valence-corrected chi connectivity index (χ0v) is 32.0. The number of hydrogen-bond acceptors (Lipinski definition) is 2. The highest BCUT2D eigenvalue weighted by atomic mass is 32.1. The van der Waals surface area contributed by atoms with Crippen molar-refractivity contribution in [3.05, 3.63) is 247 Å². The van der Waals surface area contributed by atoms with E-state index in [4.69, 9.17) is 0 Å². The van der Waals surface area contributed by atoms with Gasteiger partial charge in [-0.2, -0.15) is 0 Å². The third-order valence-electron chi connectivity index (χ3n) is 11.7. The predicted molar refractivity (Wildman–Crippen MR) is 242 cm³/mol. The van der Waals surface area contributed by atoms with Crippen LogP contribution in [0.25, 0.3) is 53.6 Å². The largest absolute Gasteiger partial charge is 0.310 e. The second-order valence-corrected chi connectivity index (χ2v) is 15.9. The maximum Gasteiger partial charge on any atom is 0.0714 e. The van der Waals surface area contributed by atoms with Gasteiger partial charge in [0.2, 0.25) is 0 Å². The van der Waals surface area contributed by atoms with E-state index < -0.39 is 5.41 Å². The fraction of sp³-hybridized carbons (Fsp3) is 0.0182. The lowest BCUT2D eigenvalue weighted by molar-refractivity contribution is 0.768. The number of hydrogen-bond donors (Lipinski definition) is 0. The molecule has 0 spiro atoms. The molecule has 0 saturated carbocycles. The van der Waals surface area contributed by atoms with Crippen molar-refractivity contribution in [3.8, 4) is 33.4 Å². The van der Waals surface area contributed by atoms with Crippen molar-refractivity contribution in [1.29, 1.82) is 0 Å². The van der Waals surface area contributed by atoms with Crippen LogP contribution in [-0.2, 0) is 5.41 Å². The van der Waals surface area contributed by atoms with E-state index in [0.29, 0.717) is 0 Å². The van der Waals surface area contributed by atoms with Crippen molar-refractivity contribution < 1.29 is 0 Å². The Hall–Kier alpha value is -7.00. The monoisotopic (exact) mass is 743 g/mol. The summed E-state index contributed by atoms with van der Waals surface area (Å²) in [5.41, 5.74) is 15.3. The van der Waals surface area contributed by atoms with Gasteiger partial charge in [0, 0.05) is 37.2 Å². The molecule has 1 aromatic heterocycles. The average molecular weight is 744 g/mol. The minimum absolute atomic E-state index is 0.492. The Morgan fingerprint density at radius 2 is 0.860 bits per heavy atom. The number of rotatable bonds is 7. The number of anilines is 3. The molecule has 57 heavy (non-hydrogen) atoms. The first-order chi connectivity index (χ1) is 28.3. The maximum atomic E-state index is 2.46. The van der Waals surface area contributed by atoms with Crippen molar-refractivity contribution in [1.82, 2.24) is 0 Å². The molecule has 0 amide bonds. The Kier molecular flexibility index (Phi) is 7.98. The quantitative estimate of drug-likeness (QED) is 0.157. The lowest BCUT2D eigenvalue weighted by Gasteiger charge is -2.35. The fourth-order valence-corrected chi connectivity index (χ4v) is 10.3. The molecule has 0 atom stereocenters. The Morgan fingerprint density at radius 1 is 0.316 bits per heavy atom. The summed E-state index contributed by atoms with van der Waals surface area (Å²) in [5, 5.41) is 2.62. The van der Waals surface area contributed by atoms with E-state index in [1.54, 1.807) is 0 Å². The minimum atomic E-state index is -0.492. The van der Waals surface area contributed by atoms with E-state index >= 15 is 0 Å². The third kappa shape index (κ3) is 5.44. The van der Waals surface area contributed by atoms with Crippen LogP contribution in [0.5, 0.6) is 0 Å². The first-order valence-corrected chi connectivity index (χ1v) is 20.4. The minimum Gasteiger partial charge on any atom is -0.310 e. The van der Waals surface area contributed by atoms with Gasteiger partial charge in [-0.05, 0) is 110 Å². The Labute approximate surface area is 337 Å². The van der Waals surface area contributed by atoms with Gasteiger partial charge < -0.3 is 4.90 Å². The van der Waals surface area contributed by atoms with Gasteiger partial charge >= 0.3 is 0 Å². The maximum absolute atomic E-state index is 2.46. The zero-order chi connectivity index (χ0) is 37.8. The molecular weight excluding hydrogens is 707 g/mol. The molecule has 0 radical (unpaired) electrons. The Bertz CT molecular complexity index is 3020. The highest BCUT2D eigenvalue weighted by Gasteiger charge is 2.46. The van der Waals surface area contributed by atoms with Crippen LogP contribution in [0.15, 0.2) is 224 Å². The van der Waals surface area contributed by atoms with E-state index in [0.717, 1.165) is 17.1 Å². The van der Waals surface area contributed by atoms with E-state index in [1.807, 2.05) is 11.3 Å². The summed E-state index contributed by atoms with van der Waals surface area (Å²) in [6.45, 7) is 0. The van der Waals surface area contributed by atoms with Crippen LogP contribution in [0, 0.1) is 0 Å². The second-order valence-electron chi connectivity index (χ2n) is 14.9. The van der Waals surface area contributed by atoms with Crippen LogP contribution < -0.4 is 4.90 Å². The van der Waals surface area contributed by atoms with E-state index in [1.165, 1.54) is 75.8 Å². The summed E-state index contributed by atoms with van der Waals surface area (Å²) in [5.74, 6) is 0. The molecule has 268 valence electrons. The van der Waals surface area contributed by atoms with Gasteiger partial charge in [-0.3, -0.25) is 0 Å². The number of nitrogens with zero attached hydrogens (tertiary/aromatic N) is 1. The molecule has 10 aromatic rings. The van der Waals surface area contributed by atoms with Gasteiger partial charge in [-0.25, -0.2) is 0 Å². The average Bonchev–Trinajstić information content (AvgIpc) is 3.81. The molecule has 1 heterocycles. The van der Waals surface area contributed by atoms with Gasteiger partial charge in [0.05, 0.1) is 5.41 Å². The highest BCUT2D eigenvalue weighted by Crippen LogP contribution is 2.57. The predicted octanol–water partition coefficient (Wildman–Crippen LogP) is 15.2. The molecule has 0 bridgehead atoms. The molecule has 1 nitrogen and oxygen atoms in total. The molecule has 0 unspecified atom stereocenters. The molecule has 1 aliphatic carbocycles. The van der Waals surface area contributed by atoms with Crippen LogP contribution in [0.2, 0.25) is 0 Å². The van der Waals surface area contributed by atoms with E-state index in [9.17, 15) is 0 Å². The molecular formula is C55H37NS. The molecule has 9 aromatic carbocycles. The first-order valence-electron chi connectivity index (χ1n) is 19.6. The zero-order valence-electron chi connectivity index (χ0n) is 31.2. The lowest BCUT2D eigenvalue weighted by Crippen LogP contribution is -2.28. The van der Waals surface area contributed by atoms with Crippen molar-refractivity contribution in [3.63, 3.8) is 0 Å². The van der Waals surface area contributed by atoms with Crippen LogP contribution in [0.4, 0.5) is 17.1 Å². The van der Waals surface area contributed by atoms with Crippen LogP contribution in [-0.4, -0.2) is 0 Å². The smallest absolute Gasteiger partial charge is 0.0714 e. The molecule has 0 saturated heterocycles. The van der Waals surface area contributed by atoms with E-state index in [-0.39, 0.29) is 0 Å². The van der Waals surface area contributed by atoms with Crippen molar-refractivity contribution in [2.45, 2.75) is 5.41 Å². The SMILES string of the molecule is c1ccc(-c2ccc(N(c3cccc(-c4ccc5sc6ccccc6c5c4)c3)c3ccc4c(c3)C(c3ccccc3)(c3ccccc3)c3ccccc3-4)cc2)cc1. The molecule has 1 aliphatic rings. The van der Waals surface area contributed by atoms with Crippen molar-refractivity contribution >= 4 is 48.6 Å². The summed E-state index contributed by atoms with van der Waals surface area (Å²) in [6.07, 6.45) is 0. The topological polar surface area (TPSA) is 3.24 Å². The summed E-state index contributed by atoms with van der Waals surface area (Å²) in [6, 6.07) is 82.6. The van der Waals surface area contributed by atoms with Gasteiger partial charge in [0.1, 0.15) is 0 Å². The summed E-state index contributed by atoms with van der Waals surface area (Å²) >= 11 is 1.86. The lowest BCUT2D eigenvalue weighted by atomic mass is 9.67. The van der Waals surface area contributed by atoms with E-state index in [2.05, 4.69) is 229 Å². The molecule has 11 rings (SSSR count). The number of fused-ring (bicyclic) bond motifs is 6. The van der Waals surface area contributed by atoms with Crippen molar-refractivity contribution in [2.24, 2.45) is 0 Å². The highest BCUT2D eigenvalue weighted by molar-refractivity contribution is 7.25. The van der Waals surface area contributed by atoms with Gasteiger partial charge in [0.15, 0.2) is 0 Å². The molecule has 0 aliphatic heterocycles. The fourth-order valence-electron chi connectivity index (χ4n) is 9.18. The molecule has 0 fully saturated rings. The number of benzene rings is 9. The second kappa shape index (κ2) is 13.6. The van der Waals surface area contributed by atoms with Gasteiger partial charge in [-0.15, -0.1) is 11.3 Å². The van der Waals surface area contributed by atoms with Crippen LogP contribution in [0.1, 0.15) is 22.3 Å². The standard InChI is InChI=1S/C55H37NS/c1-4-15-38(16-5-1)39-27-30-44(31-28-39)56(45-22-14-17-40(35-45)41-29-34-54-50(36-41)49-24-11-13-26-53(49)57-54)46-32-33-48-47-23-10-12-25-51(47)55(52(48)37-46,42-18-6-2-7-19-42)43-20-8-3-9-21-43/h1-37H. The summed E-state index contributed by atoms with van der Waals surface area (Å²) in [4.78, 5) is 2.43. The summed E-state index contributed by atoms with van der Waals surface area (Å²) < 4.78 is 2.64. The van der Waals surface area contributed by atoms with Gasteiger partial charge in [0.25, 0.3) is 0 Å². The Balaban J connectivity index is 1.12. The normalized spacial score (nSPS) is 12.7. The van der Waals surface area contributed by atoms with Crippen molar-refractivity contribution in [2.75, 3.05) is 4.90 Å².